The molecule has 3 aromatic rings. The van der Waals surface area contributed by atoms with Crippen molar-refractivity contribution in [3.63, 3.8) is 0 Å². The van der Waals surface area contributed by atoms with Crippen LogP contribution >= 0.6 is 0 Å². The standard InChI is InChI=1S/C36H37N5O6/c1-21-6-24-15-38-28-10-32(30(44-4)8-26(28)34(42)40(24)17-21)46-18-22-7-23(14-37-13-22)19-47-33-11-29-27(9-31(33)45-5)35(43)41-20-36(2,3)12-25(41)16-39-29/h7-11,13-16,24-25H,1,6,12,17-20H2,2-5H3/t24-,25-/m0/s1. The molecule has 11 nitrogen and oxygen atoms in total. The molecule has 0 aliphatic carbocycles. The van der Waals surface area contributed by atoms with Gasteiger partial charge in [0.2, 0.25) is 0 Å². The fourth-order valence-corrected chi connectivity index (χ4v) is 6.72. The second kappa shape index (κ2) is 11.9. The predicted octanol–water partition coefficient (Wildman–Crippen LogP) is 5.70. The van der Waals surface area contributed by atoms with E-state index in [2.05, 4.69) is 35.4 Å². The fraction of sp³-hybridized carbons (Fsp3) is 0.361. The predicted molar refractivity (Wildman–Crippen MR) is 177 cm³/mol. The number of nitrogens with zero attached hydrogens (tertiary/aromatic N) is 5. The van der Waals surface area contributed by atoms with E-state index in [0.717, 1.165) is 23.1 Å². The highest BCUT2D eigenvalue weighted by Crippen LogP contribution is 2.42. The number of pyridine rings is 1. The molecule has 0 unspecified atom stereocenters. The van der Waals surface area contributed by atoms with Crippen molar-refractivity contribution in [3.05, 3.63) is 77.1 Å². The number of amides is 2. The second-order valence-electron chi connectivity index (χ2n) is 13.2. The lowest BCUT2D eigenvalue weighted by Gasteiger charge is -2.22. The maximum atomic E-state index is 13.5. The van der Waals surface area contributed by atoms with E-state index in [0.29, 0.717) is 65.0 Å². The van der Waals surface area contributed by atoms with Crippen LogP contribution in [0.2, 0.25) is 0 Å². The summed E-state index contributed by atoms with van der Waals surface area (Å²) in [6.07, 6.45) is 8.69. The molecule has 2 amide bonds. The Balaban J connectivity index is 1.05. The Labute approximate surface area is 273 Å². The number of aliphatic imine (C=N–C) groups is 2. The molecular weight excluding hydrogens is 598 g/mol. The van der Waals surface area contributed by atoms with Crippen LogP contribution in [0.15, 0.2) is 64.9 Å². The number of hydrogen-bond donors (Lipinski definition) is 0. The summed E-state index contributed by atoms with van der Waals surface area (Å²) < 4.78 is 23.6. The molecule has 47 heavy (non-hydrogen) atoms. The van der Waals surface area contributed by atoms with Gasteiger partial charge in [-0.05, 0) is 36.5 Å². The number of ether oxygens (including phenoxy) is 4. The first-order chi connectivity index (χ1) is 22.6. The molecule has 0 bridgehead atoms. The maximum Gasteiger partial charge on any atom is 0.257 e. The number of benzene rings is 2. The van der Waals surface area contributed by atoms with Crippen molar-refractivity contribution in [1.82, 2.24) is 14.8 Å². The molecule has 4 aliphatic heterocycles. The van der Waals surface area contributed by atoms with E-state index in [1.807, 2.05) is 17.2 Å². The van der Waals surface area contributed by atoms with Crippen molar-refractivity contribution in [2.45, 2.75) is 52.0 Å². The normalized spacial score (nSPS) is 20.6. The summed E-state index contributed by atoms with van der Waals surface area (Å²) in [7, 11) is 3.10. The molecule has 0 N–H and O–H groups in total. The molecule has 0 saturated carbocycles. The number of rotatable bonds is 8. The Hall–Kier alpha value is -5.19. The number of methoxy groups -OCH3 is 2. The molecule has 11 heteroatoms. The van der Waals surface area contributed by atoms with Gasteiger partial charge >= 0.3 is 0 Å². The minimum atomic E-state index is -0.100. The van der Waals surface area contributed by atoms with Gasteiger partial charge in [0.15, 0.2) is 23.0 Å². The maximum absolute atomic E-state index is 13.5. The molecule has 242 valence electrons. The average Bonchev–Trinajstić information content (AvgIpc) is 3.53. The SMILES string of the molecule is C=C1C[C@H]2C=Nc3cc(OCc4cncc(COc5cc6c(cc5OC)C(=O)N5CC(C)(C)C[C@H]5C=N6)c4)c(OC)cc3C(=O)N2C1. The highest BCUT2D eigenvalue weighted by Gasteiger charge is 2.41. The van der Waals surface area contributed by atoms with Gasteiger partial charge in [-0.15, -0.1) is 0 Å². The molecule has 2 atom stereocenters. The summed E-state index contributed by atoms with van der Waals surface area (Å²) in [6, 6.07) is 8.71. The van der Waals surface area contributed by atoms with Gasteiger partial charge < -0.3 is 28.7 Å². The monoisotopic (exact) mass is 635 g/mol. The third-order valence-corrected chi connectivity index (χ3v) is 9.01. The zero-order valence-electron chi connectivity index (χ0n) is 27.0. The van der Waals surface area contributed by atoms with E-state index < -0.39 is 0 Å². The van der Waals surface area contributed by atoms with E-state index >= 15 is 0 Å². The summed E-state index contributed by atoms with van der Waals surface area (Å²) in [5.74, 6) is 1.70. The van der Waals surface area contributed by atoms with Gasteiger partial charge in [-0.1, -0.05) is 26.0 Å². The first-order valence-electron chi connectivity index (χ1n) is 15.6. The molecule has 7 rings (SSSR count). The molecule has 1 aromatic heterocycles. The molecule has 0 spiro atoms. The van der Waals surface area contributed by atoms with Gasteiger partial charge in [0, 0.05) is 61.2 Å². The summed E-state index contributed by atoms with van der Waals surface area (Å²) >= 11 is 0. The van der Waals surface area contributed by atoms with Crippen LogP contribution < -0.4 is 18.9 Å². The smallest absolute Gasteiger partial charge is 0.257 e. The van der Waals surface area contributed by atoms with Crippen LogP contribution in [-0.4, -0.2) is 78.4 Å². The Morgan fingerprint density at radius 3 is 1.91 bits per heavy atom. The fourth-order valence-electron chi connectivity index (χ4n) is 6.72. The summed E-state index contributed by atoms with van der Waals surface area (Å²) in [6.45, 7) is 9.99. The van der Waals surface area contributed by atoms with Crippen molar-refractivity contribution >= 4 is 35.6 Å². The second-order valence-corrected chi connectivity index (χ2v) is 13.2. The van der Waals surface area contributed by atoms with Gasteiger partial charge in [-0.2, -0.15) is 0 Å². The number of fused-ring (bicyclic) bond motifs is 4. The number of carbonyl (C=O) groups excluding carboxylic acids is 2. The van der Waals surface area contributed by atoms with Gasteiger partial charge in [0.1, 0.15) is 13.2 Å². The molecule has 5 heterocycles. The first kappa shape index (κ1) is 30.5. The quantitative estimate of drug-likeness (QED) is 0.292. The highest BCUT2D eigenvalue weighted by molar-refractivity contribution is 6.04. The molecule has 2 fully saturated rings. The van der Waals surface area contributed by atoms with E-state index in [-0.39, 0.29) is 42.5 Å². The van der Waals surface area contributed by atoms with Crippen LogP contribution in [-0.2, 0) is 13.2 Å². The van der Waals surface area contributed by atoms with Crippen LogP contribution in [0.5, 0.6) is 23.0 Å². The lowest BCUT2D eigenvalue weighted by Crippen LogP contribution is -2.36. The van der Waals surface area contributed by atoms with Crippen LogP contribution in [0, 0.1) is 5.41 Å². The van der Waals surface area contributed by atoms with Crippen molar-refractivity contribution in [3.8, 4) is 23.0 Å². The van der Waals surface area contributed by atoms with Crippen LogP contribution in [0.3, 0.4) is 0 Å². The molecule has 0 radical (unpaired) electrons. The minimum absolute atomic E-state index is 0.0316. The molecule has 2 saturated heterocycles. The summed E-state index contributed by atoms with van der Waals surface area (Å²) in [5, 5.41) is 0. The van der Waals surface area contributed by atoms with E-state index in [1.54, 1.807) is 62.0 Å². The Morgan fingerprint density at radius 1 is 0.787 bits per heavy atom. The van der Waals surface area contributed by atoms with Gasteiger partial charge in [0.05, 0.1) is 48.8 Å². The Bertz CT molecular complexity index is 1850. The lowest BCUT2D eigenvalue weighted by atomic mass is 9.91. The van der Waals surface area contributed by atoms with E-state index in [9.17, 15) is 9.59 Å². The topological polar surface area (TPSA) is 115 Å². The molecule has 2 aromatic carbocycles. The zero-order valence-corrected chi connectivity index (χ0v) is 27.0. The molecule has 4 aliphatic rings. The van der Waals surface area contributed by atoms with Gasteiger partial charge in [-0.25, -0.2) is 0 Å². The van der Waals surface area contributed by atoms with Crippen LogP contribution in [0.4, 0.5) is 11.4 Å². The lowest BCUT2D eigenvalue weighted by molar-refractivity contribution is 0.0758. The third kappa shape index (κ3) is 5.82. The summed E-state index contributed by atoms with van der Waals surface area (Å²) in [4.78, 5) is 44.1. The van der Waals surface area contributed by atoms with Crippen molar-refractivity contribution in [2.75, 3.05) is 27.3 Å². The molecular formula is C36H37N5O6. The van der Waals surface area contributed by atoms with Gasteiger partial charge in [-0.3, -0.25) is 24.6 Å². The highest BCUT2D eigenvalue weighted by atomic mass is 16.5. The Morgan fingerprint density at radius 2 is 1.34 bits per heavy atom. The van der Waals surface area contributed by atoms with Crippen molar-refractivity contribution < 1.29 is 28.5 Å². The van der Waals surface area contributed by atoms with Crippen LogP contribution in [0.1, 0.15) is 58.5 Å². The van der Waals surface area contributed by atoms with Crippen molar-refractivity contribution in [2.24, 2.45) is 15.4 Å². The minimum Gasteiger partial charge on any atom is -0.493 e. The van der Waals surface area contributed by atoms with Crippen LogP contribution in [0.25, 0.3) is 0 Å². The van der Waals surface area contributed by atoms with Gasteiger partial charge in [0.25, 0.3) is 11.8 Å². The number of carbonyl (C=O) groups is 2. The average molecular weight is 636 g/mol. The zero-order chi connectivity index (χ0) is 32.9. The third-order valence-electron chi connectivity index (χ3n) is 9.01. The first-order valence-corrected chi connectivity index (χ1v) is 15.6. The largest absolute Gasteiger partial charge is 0.493 e. The van der Waals surface area contributed by atoms with E-state index in [4.69, 9.17) is 18.9 Å². The summed E-state index contributed by atoms with van der Waals surface area (Å²) in [5.41, 5.74) is 4.75. The van der Waals surface area contributed by atoms with Crippen molar-refractivity contribution in [1.29, 1.82) is 0 Å². The number of aromatic nitrogens is 1. The Kier molecular flexibility index (Phi) is 7.69. The number of hydrogen-bond acceptors (Lipinski definition) is 9. The van der Waals surface area contributed by atoms with E-state index in [1.165, 1.54) is 0 Å².